The molecule has 0 spiro atoms. The van der Waals surface area contributed by atoms with E-state index in [0.29, 0.717) is 0 Å². The average molecular weight is 302 g/mol. The van der Waals surface area contributed by atoms with Crippen LogP contribution in [0.15, 0.2) is 24.8 Å². The van der Waals surface area contributed by atoms with Gasteiger partial charge >= 0.3 is 0 Å². The zero-order valence-electron chi connectivity index (χ0n) is 8.80. The number of hydrogen-bond acceptors (Lipinski definition) is 1. The molecule has 0 bridgehead atoms. The number of benzene rings is 1. The molecule has 14 heavy (non-hydrogen) atoms. The summed E-state index contributed by atoms with van der Waals surface area (Å²) in [5.41, 5.74) is 0.944. The summed E-state index contributed by atoms with van der Waals surface area (Å²) in [7, 11) is 0. The maximum absolute atomic E-state index is 5.77. The second-order valence-corrected chi connectivity index (χ2v) is 5.38. The van der Waals surface area contributed by atoms with Gasteiger partial charge in [-0.15, -0.1) is 0 Å². The summed E-state index contributed by atoms with van der Waals surface area (Å²) in [6.45, 7) is 9.88. The third kappa shape index (κ3) is 3.70. The van der Waals surface area contributed by atoms with Gasteiger partial charge in [0.15, 0.2) is 0 Å². The fourth-order valence-electron chi connectivity index (χ4n) is 1.11. The summed E-state index contributed by atoms with van der Waals surface area (Å²) in [5.74, 6) is 0.902. The monoisotopic (exact) mass is 302 g/mol. The zero-order valence-corrected chi connectivity index (χ0v) is 11.0. The third-order valence-corrected chi connectivity index (χ3v) is 2.18. The molecule has 0 amide bonds. The average Bonchev–Trinajstić information content (AvgIpc) is 1.99. The van der Waals surface area contributed by atoms with E-state index in [1.54, 1.807) is 0 Å². The maximum atomic E-state index is 5.77. The minimum atomic E-state index is -0.150. The van der Waals surface area contributed by atoms with Crippen molar-refractivity contribution in [3.05, 3.63) is 33.9 Å². The van der Waals surface area contributed by atoms with E-state index in [0.717, 1.165) is 11.3 Å². The molecule has 0 aliphatic rings. The number of rotatable bonds is 2. The summed E-state index contributed by atoms with van der Waals surface area (Å²) in [6.07, 6.45) is 1.83. The second kappa shape index (κ2) is 4.34. The van der Waals surface area contributed by atoms with Crippen LogP contribution >= 0.6 is 22.6 Å². The Morgan fingerprint density at radius 2 is 1.93 bits per heavy atom. The number of hydrogen-bond donors (Lipinski definition) is 0. The first-order valence-corrected chi connectivity index (χ1v) is 5.60. The molecule has 0 aliphatic carbocycles. The maximum Gasteiger partial charge on any atom is 0.121 e. The molecular formula is C12H15IO. The molecule has 0 atom stereocenters. The van der Waals surface area contributed by atoms with E-state index in [1.165, 1.54) is 3.57 Å². The molecule has 0 radical (unpaired) electrons. The first-order valence-electron chi connectivity index (χ1n) is 4.53. The lowest BCUT2D eigenvalue weighted by Gasteiger charge is -2.21. The Hall–Kier alpha value is -0.510. The lowest BCUT2D eigenvalue weighted by atomic mass is 10.1. The van der Waals surface area contributed by atoms with Crippen LogP contribution in [0.2, 0.25) is 0 Å². The smallest absolute Gasteiger partial charge is 0.121 e. The van der Waals surface area contributed by atoms with E-state index in [1.807, 2.05) is 39.0 Å². The summed E-state index contributed by atoms with van der Waals surface area (Å²) < 4.78 is 6.94. The van der Waals surface area contributed by atoms with Crippen LogP contribution in [-0.4, -0.2) is 5.60 Å². The van der Waals surface area contributed by atoms with Crippen molar-refractivity contribution in [2.24, 2.45) is 0 Å². The first kappa shape index (κ1) is 11.6. The van der Waals surface area contributed by atoms with Gasteiger partial charge in [0.2, 0.25) is 0 Å². The van der Waals surface area contributed by atoms with Gasteiger partial charge in [0.25, 0.3) is 0 Å². The van der Waals surface area contributed by atoms with E-state index < -0.39 is 0 Å². The van der Waals surface area contributed by atoms with E-state index >= 15 is 0 Å². The van der Waals surface area contributed by atoms with Crippen LogP contribution in [0.3, 0.4) is 0 Å². The molecule has 1 aromatic rings. The molecule has 0 unspecified atom stereocenters. The minimum Gasteiger partial charge on any atom is -0.488 e. The van der Waals surface area contributed by atoms with Crippen molar-refractivity contribution in [3.63, 3.8) is 0 Å². The molecule has 2 heteroatoms. The van der Waals surface area contributed by atoms with E-state index in [4.69, 9.17) is 4.74 Å². The molecule has 0 saturated carbocycles. The van der Waals surface area contributed by atoms with Crippen molar-refractivity contribution in [1.82, 2.24) is 0 Å². The molecular weight excluding hydrogens is 287 g/mol. The Balaban J connectivity index is 2.98. The van der Waals surface area contributed by atoms with Gasteiger partial charge in [-0.25, -0.2) is 0 Å². The molecule has 0 saturated heterocycles. The van der Waals surface area contributed by atoms with Gasteiger partial charge in [0, 0.05) is 3.57 Å². The summed E-state index contributed by atoms with van der Waals surface area (Å²) in [6, 6.07) is 6.10. The van der Waals surface area contributed by atoms with E-state index in [9.17, 15) is 0 Å². The fraction of sp³-hybridized carbons (Fsp3) is 0.333. The van der Waals surface area contributed by atoms with Crippen LogP contribution in [0.5, 0.6) is 5.75 Å². The standard InChI is InChI=1S/C12H15IO/c1-5-9-6-10(13)8-11(7-9)14-12(2,3)4/h5-8H,1H2,2-4H3. The van der Waals surface area contributed by atoms with Gasteiger partial charge in [-0.2, -0.15) is 0 Å². The van der Waals surface area contributed by atoms with Crippen molar-refractivity contribution >= 4 is 28.7 Å². The van der Waals surface area contributed by atoms with Crippen molar-refractivity contribution < 1.29 is 4.74 Å². The quantitative estimate of drug-likeness (QED) is 0.747. The molecule has 0 aliphatic heterocycles. The van der Waals surface area contributed by atoms with Gasteiger partial charge in [-0.05, 0) is 67.1 Å². The Kier molecular flexibility index (Phi) is 3.59. The summed E-state index contributed by atoms with van der Waals surface area (Å²) in [5, 5.41) is 0. The van der Waals surface area contributed by atoms with Crippen LogP contribution in [0.4, 0.5) is 0 Å². The van der Waals surface area contributed by atoms with Crippen LogP contribution in [0, 0.1) is 3.57 Å². The van der Waals surface area contributed by atoms with Gasteiger partial charge in [-0.1, -0.05) is 12.7 Å². The lowest BCUT2D eigenvalue weighted by molar-refractivity contribution is 0.131. The zero-order chi connectivity index (χ0) is 10.8. The molecule has 1 aromatic carbocycles. The fourth-order valence-corrected chi connectivity index (χ4v) is 1.78. The molecule has 0 heterocycles. The highest BCUT2D eigenvalue weighted by atomic mass is 127. The topological polar surface area (TPSA) is 9.23 Å². The molecule has 0 fully saturated rings. The van der Waals surface area contributed by atoms with Crippen molar-refractivity contribution in [2.75, 3.05) is 0 Å². The predicted octanol–water partition coefficient (Wildman–Crippen LogP) is 4.11. The molecule has 0 aromatic heterocycles. The van der Waals surface area contributed by atoms with Crippen LogP contribution in [0.25, 0.3) is 6.08 Å². The van der Waals surface area contributed by atoms with Crippen molar-refractivity contribution in [1.29, 1.82) is 0 Å². The minimum absolute atomic E-state index is 0.150. The number of ether oxygens (including phenoxy) is 1. The Morgan fingerprint density at radius 3 is 2.43 bits per heavy atom. The van der Waals surface area contributed by atoms with E-state index in [-0.39, 0.29) is 5.60 Å². The molecule has 1 rings (SSSR count). The normalized spacial score (nSPS) is 11.1. The molecule has 76 valence electrons. The Labute approximate surface area is 99.3 Å². The predicted molar refractivity (Wildman–Crippen MR) is 69.6 cm³/mol. The summed E-state index contributed by atoms with van der Waals surface area (Å²) >= 11 is 2.28. The highest BCUT2D eigenvalue weighted by Crippen LogP contribution is 2.23. The largest absolute Gasteiger partial charge is 0.488 e. The Bertz CT molecular complexity index is 337. The SMILES string of the molecule is C=Cc1cc(I)cc(OC(C)(C)C)c1. The third-order valence-electron chi connectivity index (χ3n) is 1.55. The van der Waals surface area contributed by atoms with Gasteiger partial charge in [0.1, 0.15) is 11.4 Å². The highest BCUT2D eigenvalue weighted by molar-refractivity contribution is 14.1. The van der Waals surface area contributed by atoms with Gasteiger partial charge in [-0.3, -0.25) is 0 Å². The second-order valence-electron chi connectivity index (χ2n) is 4.14. The van der Waals surface area contributed by atoms with Crippen LogP contribution < -0.4 is 4.74 Å². The highest BCUT2D eigenvalue weighted by Gasteiger charge is 2.12. The number of halogens is 1. The van der Waals surface area contributed by atoms with Gasteiger partial charge in [0.05, 0.1) is 0 Å². The van der Waals surface area contributed by atoms with Crippen LogP contribution in [0.1, 0.15) is 26.3 Å². The molecule has 0 N–H and O–H groups in total. The van der Waals surface area contributed by atoms with E-state index in [2.05, 4.69) is 35.2 Å². The van der Waals surface area contributed by atoms with Crippen molar-refractivity contribution in [2.45, 2.75) is 26.4 Å². The van der Waals surface area contributed by atoms with Gasteiger partial charge < -0.3 is 4.74 Å². The van der Waals surface area contributed by atoms with Crippen molar-refractivity contribution in [3.8, 4) is 5.75 Å². The Morgan fingerprint density at radius 1 is 1.29 bits per heavy atom. The first-order chi connectivity index (χ1) is 6.40. The molecule has 1 nitrogen and oxygen atoms in total. The summed E-state index contributed by atoms with van der Waals surface area (Å²) in [4.78, 5) is 0. The van der Waals surface area contributed by atoms with Crippen LogP contribution in [-0.2, 0) is 0 Å². The lowest BCUT2D eigenvalue weighted by Crippen LogP contribution is -2.23.